The first-order valence-corrected chi connectivity index (χ1v) is 9.16. The fourth-order valence-corrected chi connectivity index (χ4v) is 3.31. The Hall–Kier alpha value is -2.96. The molecule has 0 bridgehead atoms. The Bertz CT molecular complexity index is 817. The second-order valence-corrected chi connectivity index (χ2v) is 6.56. The third-order valence-corrected chi connectivity index (χ3v) is 4.84. The molecule has 1 aromatic heterocycles. The number of nitrogens with one attached hydrogen (secondary N) is 1. The minimum atomic E-state index is -0.171. The number of hydrogen-bond donors (Lipinski definition) is 2. The number of anilines is 2. The van der Waals surface area contributed by atoms with Gasteiger partial charge in [0, 0.05) is 31.9 Å². The first-order valence-electron chi connectivity index (χ1n) is 9.16. The molecule has 1 fully saturated rings. The Morgan fingerprint density at radius 3 is 2.59 bits per heavy atom. The van der Waals surface area contributed by atoms with E-state index in [4.69, 9.17) is 4.74 Å². The van der Waals surface area contributed by atoms with E-state index in [1.807, 2.05) is 32.0 Å². The molecule has 0 unspecified atom stereocenters. The molecular formula is C20H26N4O3. The minimum Gasteiger partial charge on any atom is -0.506 e. The van der Waals surface area contributed by atoms with Crippen molar-refractivity contribution in [1.82, 2.24) is 9.88 Å². The summed E-state index contributed by atoms with van der Waals surface area (Å²) in [6.07, 6.45) is 0.810. The van der Waals surface area contributed by atoms with Crippen LogP contribution in [-0.4, -0.2) is 54.3 Å². The molecule has 27 heavy (non-hydrogen) atoms. The van der Waals surface area contributed by atoms with E-state index in [2.05, 4.69) is 15.2 Å². The number of ether oxygens (including phenoxy) is 1. The predicted molar refractivity (Wildman–Crippen MR) is 106 cm³/mol. The largest absolute Gasteiger partial charge is 0.506 e. The fraction of sp³-hybridized carbons (Fsp3) is 0.400. The van der Waals surface area contributed by atoms with Gasteiger partial charge >= 0.3 is 6.03 Å². The van der Waals surface area contributed by atoms with Crippen molar-refractivity contribution < 1.29 is 14.6 Å². The van der Waals surface area contributed by atoms with Crippen LogP contribution in [0.4, 0.5) is 16.2 Å². The molecule has 1 aliphatic rings. The van der Waals surface area contributed by atoms with E-state index in [9.17, 15) is 9.90 Å². The Labute approximate surface area is 159 Å². The normalized spacial score (nSPS) is 14.2. The molecule has 0 atom stereocenters. The van der Waals surface area contributed by atoms with Crippen molar-refractivity contribution in [2.45, 2.75) is 20.3 Å². The van der Waals surface area contributed by atoms with Crippen LogP contribution in [0.1, 0.15) is 18.2 Å². The van der Waals surface area contributed by atoms with Gasteiger partial charge in [0.1, 0.15) is 11.4 Å². The molecule has 1 aromatic carbocycles. The van der Waals surface area contributed by atoms with Gasteiger partial charge in [0.2, 0.25) is 5.88 Å². The van der Waals surface area contributed by atoms with Gasteiger partial charge < -0.3 is 25.0 Å². The highest BCUT2D eigenvalue weighted by Crippen LogP contribution is 2.28. The zero-order chi connectivity index (χ0) is 19.4. The molecule has 1 aliphatic heterocycles. The van der Waals surface area contributed by atoms with E-state index in [0.29, 0.717) is 37.7 Å². The van der Waals surface area contributed by atoms with Crippen LogP contribution >= 0.6 is 0 Å². The number of urea groups is 1. The number of phenolic OH excluding ortho intramolecular Hbond substituents is 1. The number of nitrogens with zero attached hydrogens (tertiary/aromatic N) is 3. The van der Waals surface area contributed by atoms with Crippen molar-refractivity contribution in [2.75, 3.05) is 43.5 Å². The monoisotopic (exact) mass is 370 g/mol. The van der Waals surface area contributed by atoms with E-state index in [1.165, 1.54) is 0 Å². The lowest BCUT2D eigenvalue weighted by molar-refractivity contribution is 0.208. The lowest BCUT2D eigenvalue weighted by Gasteiger charge is -2.36. The zero-order valence-electron chi connectivity index (χ0n) is 16.0. The standard InChI is InChI=1S/C20H26N4O3/c1-4-15-14(2)13-16(19(21-15)27-3)22-20(26)24-11-9-23(10-12-24)17-7-5-6-8-18(17)25/h5-8,13,25H,4,9-12H2,1-3H3,(H,22,26). The van der Waals surface area contributed by atoms with Gasteiger partial charge in [0.05, 0.1) is 12.8 Å². The number of hydrogen-bond acceptors (Lipinski definition) is 5. The topological polar surface area (TPSA) is 77.9 Å². The quantitative estimate of drug-likeness (QED) is 0.865. The average molecular weight is 370 g/mol. The van der Waals surface area contributed by atoms with Gasteiger partial charge in [-0.1, -0.05) is 19.1 Å². The molecule has 3 rings (SSSR count). The molecule has 2 N–H and O–H groups in total. The second-order valence-electron chi connectivity index (χ2n) is 6.56. The summed E-state index contributed by atoms with van der Waals surface area (Å²) >= 11 is 0. The van der Waals surface area contributed by atoms with Crippen LogP contribution in [0.15, 0.2) is 30.3 Å². The van der Waals surface area contributed by atoms with Crippen LogP contribution < -0.4 is 15.0 Å². The van der Waals surface area contributed by atoms with E-state index in [1.54, 1.807) is 24.1 Å². The number of aromatic hydroxyl groups is 1. The van der Waals surface area contributed by atoms with Crippen molar-refractivity contribution >= 4 is 17.4 Å². The number of aryl methyl sites for hydroxylation is 2. The highest BCUT2D eigenvalue weighted by atomic mass is 16.5. The third-order valence-electron chi connectivity index (χ3n) is 4.84. The number of piperazine rings is 1. The predicted octanol–water partition coefficient (Wildman–Crippen LogP) is 3.02. The Balaban J connectivity index is 1.65. The van der Waals surface area contributed by atoms with Crippen LogP contribution in [0, 0.1) is 6.92 Å². The summed E-state index contributed by atoms with van der Waals surface area (Å²) < 4.78 is 5.34. The summed E-state index contributed by atoms with van der Waals surface area (Å²) in [6.45, 7) is 6.48. The van der Waals surface area contributed by atoms with Crippen LogP contribution in [0.3, 0.4) is 0 Å². The molecule has 1 saturated heterocycles. The van der Waals surface area contributed by atoms with Gasteiger partial charge in [-0.25, -0.2) is 9.78 Å². The highest BCUT2D eigenvalue weighted by molar-refractivity contribution is 5.91. The van der Waals surface area contributed by atoms with E-state index >= 15 is 0 Å². The lowest BCUT2D eigenvalue weighted by Crippen LogP contribution is -2.50. The van der Waals surface area contributed by atoms with Gasteiger partial charge in [-0.15, -0.1) is 0 Å². The Morgan fingerprint density at radius 1 is 1.26 bits per heavy atom. The van der Waals surface area contributed by atoms with Gasteiger partial charge in [-0.3, -0.25) is 0 Å². The Morgan fingerprint density at radius 2 is 1.96 bits per heavy atom. The molecular weight excluding hydrogens is 344 g/mol. The molecule has 144 valence electrons. The summed E-state index contributed by atoms with van der Waals surface area (Å²) in [6, 6.07) is 9.00. The molecule has 0 saturated carbocycles. The summed E-state index contributed by atoms with van der Waals surface area (Å²) in [7, 11) is 1.55. The van der Waals surface area contributed by atoms with Crippen LogP contribution in [0.25, 0.3) is 0 Å². The summed E-state index contributed by atoms with van der Waals surface area (Å²) in [5, 5.41) is 12.9. The average Bonchev–Trinajstić information content (AvgIpc) is 2.69. The number of phenols is 1. The number of rotatable bonds is 4. The molecule has 0 radical (unpaired) electrons. The highest BCUT2D eigenvalue weighted by Gasteiger charge is 2.23. The molecule has 0 spiro atoms. The third kappa shape index (κ3) is 4.07. The maximum Gasteiger partial charge on any atom is 0.322 e. The summed E-state index contributed by atoms with van der Waals surface area (Å²) in [5.41, 5.74) is 3.37. The van der Waals surface area contributed by atoms with Gasteiger partial charge in [0.15, 0.2) is 0 Å². The number of pyridine rings is 1. The molecule has 2 aromatic rings. The first-order chi connectivity index (χ1) is 13.0. The van der Waals surface area contributed by atoms with Crippen LogP contribution in [0.5, 0.6) is 11.6 Å². The molecule has 7 heteroatoms. The van der Waals surface area contributed by atoms with E-state index in [0.717, 1.165) is 23.4 Å². The first kappa shape index (κ1) is 18.8. The number of carbonyl (C=O) groups excluding carboxylic acids is 1. The summed E-state index contributed by atoms with van der Waals surface area (Å²) in [4.78, 5) is 21.0. The zero-order valence-corrected chi connectivity index (χ0v) is 16.0. The van der Waals surface area contributed by atoms with Crippen molar-refractivity contribution in [1.29, 1.82) is 0 Å². The molecule has 2 amide bonds. The van der Waals surface area contributed by atoms with Crippen molar-refractivity contribution in [2.24, 2.45) is 0 Å². The van der Waals surface area contributed by atoms with Gasteiger partial charge in [0.25, 0.3) is 0 Å². The number of methoxy groups -OCH3 is 1. The fourth-order valence-electron chi connectivity index (χ4n) is 3.31. The molecule has 2 heterocycles. The smallest absolute Gasteiger partial charge is 0.322 e. The van der Waals surface area contributed by atoms with Crippen LogP contribution in [0.2, 0.25) is 0 Å². The maximum absolute atomic E-state index is 12.7. The number of carbonyl (C=O) groups is 1. The van der Waals surface area contributed by atoms with Gasteiger partial charge in [-0.2, -0.15) is 0 Å². The number of para-hydroxylation sites is 2. The lowest BCUT2D eigenvalue weighted by atomic mass is 10.1. The molecule has 7 nitrogen and oxygen atoms in total. The second kappa shape index (κ2) is 8.16. The minimum absolute atomic E-state index is 0.171. The number of amides is 2. The summed E-state index contributed by atoms with van der Waals surface area (Å²) in [5.74, 6) is 0.691. The van der Waals surface area contributed by atoms with Crippen molar-refractivity contribution in [3.8, 4) is 11.6 Å². The van der Waals surface area contributed by atoms with Crippen molar-refractivity contribution in [3.05, 3.63) is 41.6 Å². The van der Waals surface area contributed by atoms with E-state index in [-0.39, 0.29) is 11.8 Å². The van der Waals surface area contributed by atoms with Crippen molar-refractivity contribution in [3.63, 3.8) is 0 Å². The van der Waals surface area contributed by atoms with E-state index < -0.39 is 0 Å². The van der Waals surface area contributed by atoms with Crippen LogP contribution in [-0.2, 0) is 6.42 Å². The number of aromatic nitrogens is 1. The maximum atomic E-state index is 12.7. The van der Waals surface area contributed by atoms with Gasteiger partial charge in [-0.05, 0) is 37.1 Å². The SMILES string of the molecule is CCc1nc(OC)c(NC(=O)N2CCN(c3ccccc3O)CC2)cc1C. The Kier molecular flexibility index (Phi) is 5.69. The molecule has 0 aliphatic carbocycles. The number of benzene rings is 1.